The standard InChI is InChI=1S/C45H59N5O5S/c1-30(2)23-24-32(5)50(7)28-40(46)55-44(31(3)4)56-29-39-33(6)47-27-37(54-39)26-25-34-17-15-16-22-38(34)48-43(51)42(49-45(52)53-8)41(35-18-11-9-12-19-35)36-20-13-10-14-21-36/h9-22,24,33,37,39,41-42,44,46-47H,1,3,23,25-29H2,2,4-8H3,(H,48,51)(H,49,52)/b32-24-,46-40?/t33-,37-,39-,42+,44?/m1/s1. The Morgan fingerprint density at radius 3 is 2.25 bits per heavy atom. The molecule has 0 aromatic heterocycles. The number of carbonyl (C=O) groups is 2. The molecule has 2 amide bonds. The summed E-state index contributed by atoms with van der Waals surface area (Å²) in [6.45, 7) is 17.2. The van der Waals surface area contributed by atoms with E-state index in [1.807, 2.05) is 118 Å². The van der Waals surface area contributed by atoms with Crippen molar-refractivity contribution in [3.8, 4) is 0 Å². The number of methoxy groups -OCH3 is 1. The molecule has 0 saturated carbocycles. The third-order valence-electron chi connectivity index (χ3n) is 9.79. The molecule has 5 atom stereocenters. The number of hydrogen-bond acceptors (Lipinski definition) is 9. The lowest BCUT2D eigenvalue weighted by Crippen LogP contribution is -2.52. The zero-order valence-electron chi connectivity index (χ0n) is 33.7. The number of likely N-dealkylation sites (N-methyl/N-ethyl adjacent to an activating group) is 1. The van der Waals surface area contributed by atoms with E-state index in [1.54, 1.807) is 11.8 Å². The summed E-state index contributed by atoms with van der Waals surface area (Å²) in [5.74, 6) is 0.0136. The second kappa shape index (κ2) is 22.0. The van der Waals surface area contributed by atoms with Gasteiger partial charge in [-0.15, -0.1) is 11.8 Å². The van der Waals surface area contributed by atoms with E-state index in [4.69, 9.17) is 19.6 Å². The Bertz CT molecular complexity index is 1760. The normalized spacial score (nSPS) is 18.0. The molecule has 1 aliphatic rings. The predicted octanol–water partition coefficient (Wildman–Crippen LogP) is 8.29. The van der Waals surface area contributed by atoms with Crippen LogP contribution in [0.3, 0.4) is 0 Å². The first-order valence-electron chi connectivity index (χ1n) is 19.1. The molecular formula is C45H59N5O5S. The molecular weight excluding hydrogens is 723 g/mol. The van der Waals surface area contributed by atoms with Crippen molar-refractivity contribution in [3.05, 3.63) is 138 Å². The first-order valence-corrected chi connectivity index (χ1v) is 20.2. The minimum absolute atomic E-state index is 0.0556. The van der Waals surface area contributed by atoms with Crippen LogP contribution in [0.4, 0.5) is 10.5 Å². The molecule has 1 heterocycles. The third kappa shape index (κ3) is 13.4. The zero-order valence-corrected chi connectivity index (χ0v) is 34.5. The van der Waals surface area contributed by atoms with Crippen molar-refractivity contribution in [2.75, 3.05) is 38.3 Å². The van der Waals surface area contributed by atoms with Gasteiger partial charge in [-0.1, -0.05) is 104 Å². The number of thioether (sulfide) groups is 1. The van der Waals surface area contributed by atoms with Gasteiger partial charge in [-0.05, 0) is 75.3 Å². The Balaban J connectivity index is 1.39. The number of nitrogens with zero attached hydrogens (tertiary/aromatic N) is 1. The number of aryl methyl sites for hydroxylation is 1. The van der Waals surface area contributed by atoms with Crippen LogP contribution in [-0.2, 0) is 25.4 Å². The molecule has 0 spiro atoms. The van der Waals surface area contributed by atoms with Gasteiger partial charge in [-0.3, -0.25) is 10.2 Å². The largest absolute Gasteiger partial charge is 0.461 e. The maximum absolute atomic E-state index is 14.2. The van der Waals surface area contributed by atoms with Crippen molar-refractivity contribution in [1.29, 1.82) is 5.41 Å². The summed E-state index contributed by atoms with van der Waals surface area (Å²) in [6.07, 6.45) is 3.47. The smallest absolute Gasteiger partial charge is 0.407 e. The molecule has 4 rings (SSSR count). The molecule has 56 heavy (non-hydrogen) atoms. The maximum Gasteiger partial charge on any atom is 0.407 e. The van der Waals surface area contributed by atoms with Gasteiger partial charge < -0.3 is 35.1 Å². The van der Waals surface area contributed by atoms with Crippen molar-refractivity contribution >= 4 is 35.3 Å². The van der Waals surface area contributed by atoms with Crippen LogP contribution in [-0.4, -0.2) is 85.5 Å². The van der Waals surface area contributed by atoms with Crippen LogP contribution in [0.15, 0.2) is 121 Å². The molecule has 3 aromatic rings. The van der Waals surface area contributed by atoms with Crippen LogP contribution in [0.1, 0.15) is 63.1 Å². The Hall–Kier alpha value is -4.84. The number of para-hydroxylation sites is 1. The number of alkyl carbamates (subject to hydrolysis) is 1. The van der Waals surface area contributed by atoms with Crippen LogP contribution in [0, 0.1) is 5.41 Å². The highest BCUT2D eigenvalue weighted by Crippen LogP contribution is 2.30. The summed E-state index contributed by atoms with van der Waals surface area (Å²) < 4.78 is 17.7. The Morgan fingerprint density at radius 2 is 1.64 bits per heavy atom. The highest BCUT2D eigenvalue weighted by molar-refractivity contribution is 8.00. The van der Waals surface area contributed by atoms with Crippen molar-refractivity contribution in [3.63, 3.8) is 0 Å². The van der Waals surface area contributed by atoms with Gasteiger partial charge in [0, 0.05) is 42.7 Å². The van der Waals surface area contributed by atoms with Crippen LogP contribution in [0.25, 0.3) is 0 Å². The topological polar surface area (TPSA) is 125 Å². The molecule has 1 unspecified atom stereocenters. The van der Waals surface area contributed by atoms with Gasteiger partial charge in [-0.2, -0.15) is 0 Å². The zero-order chi connectivity index (χ0) is 40.6. The molecule has 1 fully saturated rings. The quantitative estimate of drug-likeness (QED) is 0.0415. The third-order valence-corrected chi connectivity index (χ3v) is 11.1. The van der Waals surface area contributed by atoms with E-state index in [0.717, 1.165) is 46.4 Å². The van der Waals surface area contributed by atoms with Crippen LogP contribution < -0.4 is 16.0 Å². The molecule has 0 bridgehead atoms. The first kappa shape index (κ1) is 43.9. The highest BCUT2D eigenvalue weighted by Gasteiger charge is 2.34. The molecule has 1 aliphatic heterocycles. The first-order chi connectivity index (χ1) is 26.9. The van der Waals surface area contributed by atoms with E-state index in [2.05, 4.69) is 42.1 Å². The number of benzene rings is 3. The molecule has 1 saturated heterocycles. The lowest BCUT2D eigenvalue weighted by molar-refractivity contribution is -0.118. The Kier molecular flexibility index (Phi) is 17.3. The van der Waals surface area contributed by atoms with Crippen molar-refractivity contribution in [2.24, 2.45) is 0 Å². The number of allylic oxidation sites excluding steroid dienone is 3. The molecule has 3 aromatic carbocycles. The van der Waals surface area contributed by atoms with Crippen LogP contribution in [0.2, 0.25) is 0 Å². The van der Waals surface area contributed by atoms with E-state index < -0.39 is 18.1 Å². The SMILES string of the molecule is C=C(C)C/C=C(/C)N(C)CC(=N)OC(SC[C@H]1O[C@H](CCc2ccccc2NC(=O)[C@@H](NC(=O)OC)C(c2ccccc2)c2ccccc2)CN[C@@H]1C)C(=C)C. The predicted molar refractivity (Wildman–Crippen MR) is 229 cm³/mol. The van der Waals surface area contributed by atoms with E-state index in [0.29, 0.717) is 31.0 Å². The number of nitrogens with one attached hydrogen (secondary N) is 4. The average Bonchev–Trinajstić information content (AvgIpc) is 3.19. The van der Waals surface area contributed by atoms with Gasteiger partial charge in [0.1, 0.15) is 6.04 Å². The lowest BCUT2D eigenvalue weighted by atomic mass is 9.84. The van der Waals surface area contributed by atoms with Gasteiger partial charge in [-0.25, -0.2) is 4.79 Å². The average molecular weight is 782 g/mol. The summed E-state index contributed by atoms with van der Waals surface area (Å²) in [7, 11) is 3.24. The fourth-order valence-corrected chi connectivity index (χ4v) is 7.63. The van der Waals surface area contributed by atoms with Crippen LogP contribution >= 0.6 is 11.8 Å². The number of ether oxygens (including phenoxy) is 3. The van der Waals surface area contributed by atoms with E-state index in [1.165, 1.54) is 7.11 Å². The van der Waals surface area contributed by atoms with E-state index in [9.17, 15) is 9.59 Å². The van der Waals surface area contributed by atoms with Gasteiger partial charge in [0.25, 0.3) is 0 Å². The molecule has 0 radical (unpaired) electrons. The fraction of sp³-hybridized carbons (Fsp3) is 0.400. The number of hydrogen-bond donors (Lipinski definition) is 4. The maximum atomic E-state index is 14.2. The molecule has 4 N–H and O–H groups in total. The lowest BCUT2D eigenvalue weighted by Gasteiger charge is -2.36. The number of amides is 2. The molecule has 300 valence electrons. The summed E-state index contributed by atoms with van der Waals surface area (Å²) in [6, 6.07) is 26.3. The van der Waals surface area contributed by atoms with E-state index in [-0.39, 0.29) is 35.5 Å². The van der Waals surface area contributed by atoms with Gasteiger partial charge in [0.05, 0.1) is 25.9 Å². The molecule has 10 nitrogen and oxygen atoms in total. The van der Waals surface area contributed by atoms with Gasteiger partial charge >= 0.3 is 6.09 Å². The second-order valence-corrected chi connectivity index (χ2v) is 15.6. The monoisotopic (exact) mass is 781 g/mol. The summed E-state index contributed by atoms with van der Waals surface area (Å²) in [5.41, 5.74) is 6.03. The Labute approximate surface area is 337 Å². The minimum atomic E-state index is -0.963. The second-order valence-electron chi connectivity index (χ2n) is 14.5. The summed E-state index contributed by atoms with van der Waals surface area (Å²) >= 11 is 1.59. The molecule has 0 aliphatic carbocycles. The number of carbonyl (C=O) groups excluding carboxylic acids is 2. The Morgan fingerprint density at radius 1 is 1.02 bits per heavy atom. The summed E-state index contributed by atoms with van der Waals surface area (Å²) in [5, 5.41) is 18.1. The number of rotatable bonds is 19. The van der Waals surface area contributed by atoms with Crippen molar-refractivity contribution < 1.29 is 23.8 Å². The van der Waals surface area contributed by atoms with Crippen molar-refractivity contribution in [2.45, 2.75) is 82.6 Å². The van der Waals surface area contributed by atoms with Crippen molar-refractivity contribution in [1.82, 2.24) is 15.5 Å². The highest BCUT2D eigenvalue weighted by atomic mass is 32.2. The molecule has 11 heteroatoms. The van der Waals surface area contributed by atoms with Crippen LogP contribution in [0.5, 0.6) is 0 Å². The number of anilines is 1. The minimum Gasteiger partial charge on any atom is -0.461 e. The van der Waals surface area contributed by atoms with E-state index >= 15 is 0 Å². The van der Waals surface area contributed by atoms with Gasteiger partial charge in [0.2, 0.25) is 11.8 Å². The summed E-state index contributed by atoms with van der Waals surface area (Å²) in [4.78, 5) is 28.8. The van der Waals surface area contributed by atoms with Gasteiger partial charge in [0.15, 0.2) is 5.44 Å². The fourth-order valence-electron chi connectivity index (χ4n) is 6.43. The number of morpholine rings is 1.